The van der Waals surface area contributed by atoms with E-state index in [0.29, 0.717) is 24.8 Å². The lowest BCUT2D eigenvalue weighted by Gasteiger charge is -2.17. The van der Waals surface area contributed by atoms with Crippen molar-refractivity contribution >= 4 is 10.0 Å². The molecule has 0 amide bonds. The van der Waals surface area contributed by atoms with Crippen LogP contribution in [0.3, 0.4) is 0 Å². The highest BCUT2D eigenvalue weighted by atomic mass is 32.2. The number of fused-ring (bicyclic) bond motifs is 2. The summed E-state index contributed by atoms with van der Waals surface area (Å²) < 4.78 is 36.9. The van der Waals surface area contributed by atoms with Crippen LogP contribution in [0.4, 0.5) is 0 Å². The molecule has 0 spiro atoms. The maximum atomic E-state index is 12.6. The molecule has 0 bridgehead atoms. The maximum absolute atomic E-state index is 12.6. The highest BCUT2D eigenvalue weighted by Gasteiger charge is 2.25. The fraction of sp³-hybridized carbons (Fsp3) is 0.385. The summed E-state index contributed by atoms with van der Waals surface area (Å²) in [5.74, 6) is 0.671. The number of pyridine rings is 1. The average Bonchev–Trinajstić information content (AvgIpc) is 3.08. The number of rotatable bonds is 2. The van der Waals surface area contributed by atoms with Crippen molar-refractivity contribution in [2.45, 2.75) is 24.2 Å². The van der Waals surface area contributed by atoms with Crippen LogP contribution in [0.5, 0.6) is 11.6 Å². The zero-order valence-corrected chi connectivity index (χ0v) is 12.0. The van der Waals surface area contributed by atoms with Gasteiger partial charge in [-0.2, -0.15) is 17.6 Å². The monoisotopic (exact) mass is 307 g/mol. The Bertz CT molecular complexity index is 791. The standard InChI is InChI=1S/C13H13N3O4S/c17-21(18,16-8-9-2-1-3-11(9)15-16)10-6-12-13(14-7-10)20-5-4-19-12/h6-8H,1-5H2. The highest BCUT2D eigenvalue weighted by Crippen LogP contribution is 2.30. The minimum atomic E-state index is -3.74. The van der Waals surface area contributed by atoms with Gasteiger partial charge in [-0.1, -0.05) is 0 Å². The van der Waals surface area contributed by atoms with Crippen LogP contribution >= 0.6 is 0 Å². The second-order valence-corrected chi connectivity index (χ2v) is 6.80. The Balaban J connectivity index is 1.77. The van der Waals surface area contributed by atoms with Crippen LogP contribution in [0.1, 0.15) is 17.7 Å². The van der Waals surface area contributed by atoms with Crippen LogP contribution < -0.4 is 9.47 Å². The van der Waals surface area contributed by atoms with Crippen LogP contribution in [-0.4, -0.2) is 35.8 Å². The molecule has 0 atom stereocenters. The SMILES string of the molecule is O=S(=O)(c1cnc2c(c1)OCCO2)n1cc2c(n1)CCC2. The third kappa shape index (κ3) is 1.98. The molecule has 1 aliphatic heterocycles. The Morgan fingerprint density at radius 2 is 2.05 bits per heavy atom. The van der Waals surface area contributed by atoms with Crippen LogP contribution in [0, 0.1) is 0 Å². The quantitative estimate of drug-likeness (QED) is 0.815. The fourth-order valence-electron chi connectivity index (χ4n) is 2.57. The molecule has 0 unspecified atom stereocenters. The van der Waals surface area contributed by atoms with Crippen molar-refractivity contribution in [2.24, 2.45) is 0 Å². The topological polar surface area (TPSA) is 83.3 Å². The molecule has 110 valence electrons. The number of hydrogen-bond donors (Lipinski definition) is 0. The first-order chi connectivity index (χ1) is 10.1. The van der Waals surface area contributed by atoms with Crippen LogP contribution in [0.25, 0.3) is 0 Å². The molecule has 0 aromatic carbocycles. The summed E-state index contributed by atoms with van der Waals surface area (Å²) in [6, 6.07) is 1.43. The van der Waals surface area contributed by atoms with Crippen molar-refractivity contribution in [2.75, 3.05) is 13.2 Å². The van der Waals surface area contributed by atoms with Crippen molar-refractivity contribution in [1.29, 1.82) is 0 Å². The Morgan fingerprint density at radius 3 is 2.90 bits per heavy atom. The molecule has 2 aliphatic rings. The van der Waals surface area contributed by atoms with E-state index in [-0.39, 0.29) is 4.90 Å². The summed E-state index contributed by atoms with van der Waals surface area (Å²) in [6.07, 6.45) is 5.61. The van der Waals surface area contributed by atoms with Gasteiger partial charge in [0.05, 0.1) is 11.9 Å². The molecular formula is C13H13N3O4S. The lowest BCUT2D eigenvalue weighted by molar-refractivity contribution is 0.163. The summed E-state index contributed by atoms with van der Waals surface area (Å²) >= 11 is 0. The molecule has 2 aromatic heterocycles. The predicted molar refractivity (Wildman–Crippen MR) is 72.1 cm³/mol. The van der Waals surface area contributed by atoms with Gasteiger partial charge in [0.25, 0.3) is 15.9 Å². The summed E-state index contributed by atoms with van der Waals surface area (Å²) in [4.78, 5) is 4.06. The molecule has 2 aromatic rings. The first kappa shape index (κ1) is 12.6. The minimum Gasteiger partial charge on any atom is -0.484 e. The van der Waals surface area contributed by atoms with Gasteiger partial charge >= 0.3 is 0 Å². The van der Waals surface area contributed by atoms with Gasteiger partial charge in [0.2, 0.25) is 0 Å². The van der Waals surface area contributed by atoms with Gasteiger partial charge in [0, 0.05) is 12.3 Å². The van der Waals surface area contributed by atoms with Gasteiger partial charge in [-0.25, -0.2) is 4.98 Å². The van der Waals surface area contributed by atoms with Gasteiger partial charge in [-0.15, -0.1) is 0 Å². The van der Waals surface area contributed by atoms with Crippen molar-refractivity contribution in [3.05, 3.63) is 29.7 Å². The zero-order valence-electron chi connectivity index (χ0n) is 11.2. The molecule has 7 nitrogen and oxygen atoms in total. The van der Waals surface area contributed by atoms with E-state index in [4.69, 9.17) is 9.47 Å². The number of ether oxygens (including phenoxy) is 2. The fourth-order valence-corrected chi connectivity index (χ4v) is 3.70. The molecular weight excluding hydrogens is 294 g/mol. The van der Waals surface area contributed by atoms with Gasteiger partial charge in [0.1, 0.15) is 18.1 Å². The van der Waals surface area contributed by atoms with E-state index in [2.05, 4.69) is 10.1 Å². The lowest BCUT2D eigenvalue weighted by atomic mass is 10.3. The van der Waals surface area contributed by atoms with Gasteiger partial charge in [-0.05, 0) is 24.8 Å². The Labute approximate surface area is 121 Å². The van der Waals surface area contributed by atoms with E-state index < -0.39 is 10.0 Å². The molecule has 21 heavy (non-hydrogen) atoms. The van der Waals surface area contributed by atoms with E-state index in [9.17, 15) is 8.42 Å². The number of hydrogen-bond acceptors (Lipinski definition) is 6. The van der Waals surface area contributed by atoms with E-state index in [1.807, 2.05) is 0 Å². The Hall–Kier alpha value is -2.09. The average molecular weight is 307 g/mol. The van der Waals surface area contributed by atoms with Crippen molar-refractivity contribution in [3.8, 4) is 11.6 Å². The van der Waals surface area contributed by atoms with E-state index in [1.54, 1.807) is 6.20 Å². The lowest BCUT2D eigenvalue weighted by Crippen LogP contribution is -2.18. The molecule has 3 heterocycles. The third-order valence-corrected chi connectivity index (χ3v) is 5.13. The molecule has 0 N–H and O–H groups in total. The largest absolute Gasteiger partial charge is 0.484 e. The zero-order chi connectivity index (χ0) is 14.4. The minimum absolute atomic E-state index is 0.0490. The summed E-state index contributed by atoms with van der Waals surface area (Å²) in [5.41, 5.74) is 1.87. The normalized spacial score (nSPS) is 16.8. The number of nitrogens with zero attached hydrogens (tertiary/aromatic N) is 3. The molecule has 0 fully saturated rings. The number of aromatic nitrogens is 3. The second kappa shape index (κ2) is 4.45. The predicted octanol–water partition coefficient (Wildman–Crippen LogP) is 0.775. The van der Waals surface area contributed by atoms with Crippen molar-refractivity contribution in [1.82, 2.24) is 14.2 Å². The Kier molecular flexibility index (Phi) is 2.68. The van der Waals surface area contributed by atoms with Crippen LogP contribution in [-0.2, 0) is 22.9 Å². The molecule has 0 saturated heterocycles. The summed E-state index contributed by atoms with van der Waals surface area (Å²) in [5, 5.41) is 4.18. The van der Waals surface area contributed by atoms with E-state index in [1.165, 1.54) is 12.3 Å². The molecule has 1 aliphatic carbocycles. The van der Waals surface area contributed by atoms with Gasteiger partial charge in [0.15, 0.2) is 5.75 Å². The van der Waals surface area contributed by atoms with Crippen LogP contribution in [0.15, 0.2) is 23.4 Å². The molecule has 0 radical (unpaired) electrons. The first-order valence-electron chi connectivity index (χ1n) is 6.73. The Morgan fingerprint density at radius 1 is 1.19 bits per heavy atom. The number of aryl methyl sites for hydroxylation is 2. The molecule has 8 heteroatoms. The smallest absolute Gasteiger partial charge is 0.284 e. The molecule has 0 saturated carbocycles. The van der Waals surface area contributed by atoms with Crippen LogP contribution in [0.2, 0.25) is 0 Å². The third-order valence-electron chi connectivity index (χ3n) is 3.63. The van der Waals surface area contributed by atoms with Crippen molar-refractivity contribution < 1.29 is 17.9 Å². The van der Waals surface area contributed by atoms with Gasteiger partial charge < -0.3 is 9.47 Å². The summed E-state index contributed by atoms with van der Waals surface area (Å²) in [7, 11) is -3.74. The summed E-state index contributed by atoms with van der Waals surface area (Å²) in [6.45, 7) is 0.798. The second-order valence-electron chi connectivity index (χ2n) is 5.00. The van der Waals surface area contributed by atoms with E-state index >= 15 is 0 Å². The van der Waals surface area contributed by atoms with Gasteiger partial charge in [-0.3, -0.25) is 0 Å². The maximum Gasteiger partial charge on any atom is 0.284 e. The van der Waals surface area contributed by atoms with E-state index in [0.717, 1.165) is 34.6 Å². The molecule has 4 rings (SSSR count). The highest BCUT2D eigenvalue weighted by molar-refractivity contribution is 7.89. The first-order valence-corrected chi connectivity index (χ1v) is 8.17. The van der Waals surface area contributed by atoms with Crippen molar-refractivity contribution in [3.63, 3.8) is 0 Å².